The summed E-state index contributed by atoms with van der Waals surface area (Å²) in [6, 6.07) is 7.78. The first-order valence-electron chi connectivity index (χ1n) is 9.22. The van der Waals surface area contributed by atoms with Crippen molar-refractivity contribution in [3.05, 3.63) is 29.8 Å². The molecular weight excluding hydrogens is 352 g/mol. The summed E-state index contributed by atoms with van der Waals surface area (Å²) >= 11 is 0. The smallest absolute Gasteiger partial charge is 0.238 e. The molecule has 1 aromatic carbocycles. The summed E-state index contributed by atoms with van der Waals surface area (Å²) in [6.45, 7) is 3.00. The van der Waals surface area contributed by atoms with Gasteiger partial charge in [-0.3, -0.25) is 4.79 Å². The molecule has 1 amide bonds. The molecule has 0 bridgehead atoms. The van der Waals surface area contributed by atoms with Crippen LogP contribution in [0.25, 0.3) is 0 Å². The minimum atomic E-state index is -3.45. The third kappa shape index (κ3) is 5.71. The second-order valence-corrected chi connectivity index (χ2v) is 8.83. The number of amides is 1. The van der Waals surface area contributed by atoms with Crippen LogP contribution in [-0.4, -0.2) is 62.6 Å². The zero-order chi connectivity index (χ0) is 19.2. The number of benzene rings is 1. The molecule has 1 unspecified atom stereocenters. The molecule has 1 aromatic rings. The monoisotopic (exact) mass is 382 g/mol. The number of nitrogens with zero attached hydrogens (tertiary/aromatic N) is 2. The van der Waals surface area contributed by atoms with E-state index in [1.807, 2.05) is 29.2 Å². The number of rotatable bonds is 8. The highest BCUT2D eigenvalue weighted by molar-refractivity contribution is 7.88. The predicted molar refractivity (Wildman–Crippen MR) is 103 cm³/mol. The summed E-state index contributed by atoms with van der Waals surface area (Å²) in [5, 5.41) is 0. The van der Waals surface area contributed by atoms with Crippen LogP contribution in [-0.2, 0) is 21.2 Å². The van der Waals surface area contributed by atoms with Crippen LogP contribution < -0.4 is 4.74 Å². The number of sulfonamides is 1. The van der Waals surface area contributed by atoms with E-state index in [9.17, 15) is 13.2 Å². The maximum Gasteiger partial charge on any atom is 0.238 e. The molecule has 0 radical (unpaired) electrons. The van der Waals surface area contributed by atoms with Gasteiger partial charge in [-0.05, 0) is 49.8 Å². The first-order valence-corrected chi connectivity index (χ1v) is 11.1. The van der Waals surface area contributed by atoms with Crippen molar-refractivity contribution in [3.8, 4) is 5.75 Å². The second kappa shape index (κ2) is 9.37. The highest BCUT2D eigenvalue weighted by Crippen LogP contribution is 2.20. The fourth-order valence-corrected chi connectivity index (χ4v) is 4.21. The van der Waals surface area contributed by atoms with Crippen LogP contribution in [0, 0.1) is 0 Å². The number of ether oxygens (including phenoxy) is 1. The Bertz CT molecular complexity index is 705. The number of carbonyl (C=O) groups is 1. The molecule has 1 aliphatic heterocycles. The number of likely N-dealkylation sites (tertiary alicyclic amines) is 1. The molecular formula is C19H30N2O4S. The molecule has 7 heteroatoms. The van der Waals surface area contributed by atoms with Gasteiger partial charge in [0.2, 0.25) is 15.9 Å². The number of carbonyl (C=O) groups excluding carboxylic acids is 1. The van der Waals surface area contributed by atoms with Crippen molar-refractivity contribution in [3.63, 3.8) is 0 Å². The van der Waals surface area contributed by atoms with Gasteiger partial charge in [-0.15, -0.1) is 0 Å². The fraction of sp³-hybridized carbons (Fsp3) is 0.632. The van der Waals surface area contributed by atoms with Crippen molar-refractivity contribution < 1.29 is 17.9 Å². The zero-order valence-corrected chi connectivity index (χ0v) is 16.8. The summed E-state index contributed by atoms with van der Waals surface area (Å²) in [5.41, 5.74) is 0.981. The van der Waals surface area contributed by atoms with Crippen molar-refractivity contribution in [2.45, 2.75) is 45.1 Å². The minimum absolute atomic E-state index is 0.0840. The number of hydrogen-bond acceptors (Lipinski definition) is 4. The highest BCUT2D eigenvalue weighted by atomic mass is 32.2. The van der Waals surface area contributed by atoms with Gasteiger partial charge in [0.05, 0.1) is 19.9 Å². The maximum absolute atomic E-state index is 12.7. The summed E-state index contributed by atoms with van der Waals surface area (Å²) in [5.74, 6) is 0.649. The molecule has 0 N–H and O–H groups in total. The zero-order valence-electron chi connectivity index (χ0n) is 16.0. The Hall–Kier alpha value is -1.60. The van der Waals surface area contributed by atoms with Crippen molar-refractivity contribution in [1.29, 1.82) is 0 Å². The average Bonchev–Trinajstić information content (AvgIpc) is 2.64. The van der Waals surface area contributed by atoms with E-state index in [0.29, 0.717) is 6.42 Å². The van der Waals surface area contributed by atoms with Crippen LogP contribution in [0.2, 0.25) is 0 Å². The van der Waals surface area contributed by atoms with Crippen LogP contribution in [0.1, 0.15) is 38.2 Å². The van der Waals surface area contributed by atoms with Gasteiger partial charge in [0.25, 0.3) is 0 Å². The van der Waals surface area contributed by atoms with E-state index in [-0.39, 0.29) is 25.0 Å². The van der Waals surface area contributed by atoms with E-state index in [4.69, 9.17) is 4.74 Å². The van der Waals surface area contributed by atoms with Gasteiger partial charge in [0.15, 0.2) is 0 Å². The SMILES string of the molecule is CCC1CCCCN1C(=O)CN(CCc1cccc(OC)c1)S(C)(=O)=O. The van der Waals surface area contributed by atoms with Gasteiger partial charge in [-0.2, -0.15) is 4.31 Å². The summed E-state index contributed by atoms with van der Waals surface area (Å²) in [6.07, 6.45) is 5.74. The Morgan fingerprint density at radius 1 is 1.35 bits per heavy atom. The molecule has 1 saturated heterocycles. The van der Waals surface area contributed by atoms with E-state index in [0.717, 1.165) is 43.5 Å². The Kier molecular flexibility index (Phi) is 7.46. The van der Waals surface area contributed by atoms with Crippen molar-refractivity contribution in [2.75, 3.05) is 33.0 Å². The highest BCUT2D eigenvalue weighted by Gasteiger charge is 2.28. The van der Waals surface area contributed by atoms with Crippen LogP contribution in [0.5, 0.6) is 5.75 Å². The molecule has 2 rings (SSSR count). The Balaban J connectivity index is 2.04. The fourth-order valence-electron chi connectivity index (χ4n) is 3.44. The molecule has 1 heterocycles. The lowest BCUT2D eigenvalue weighted by Gasteiger charge is -2.36. The molecule has 0 saturated carbocycles. The van der Waals surface area contributed by atoms with Crippen LogP contribution in [0.15, 0.2) is 24.3 Å². The molecule has 1 atom stereocenters. The minimum Gasteiger partial charge on any atom is -0.497 e. The lowest BCUT2D eigenvalue weighted by Crippen LogP contribution is -2.49. The number of piperidine rings is 1. The van der Waals surface area contributed by atoms with E-state index in [1.165, 1.54) is 10.6 Å². The first kappa shape index (κ1) is 20.7. The Morgan fingerprint density at radius 2 is 2.12 bits per heavy atom. The molecule has 1 aliphatic rings. The Labute approximate surface area is 157 Å². The molecule has 0 spiro atoms. The average molecular weight is 383 g/mol. The summed E-state index contributed by atoms with van der Waals surface area (Å²) < 4.78 is 30.8. The molecule has 0 aromatic heterocycles. The first-order chi connectivity index (χ1) is 12.3. The number of hydrogen-bond donors (Lipinski definition) is 0. The predicted octanol–water partition coefficient (Wildman–Crippen LogP) is 2.29. The van der Waals surface area contributed by atoms with Crippen LogP contribution in [0.4, 0.5) is 0 Å². The molecule has 1 fully saturated rings. The number of methoxy groups -OCH3 is 1. The molecule has 6 nitrogen and oxygen atoms in total. The van der Waals surface area contributed by atoms with E-state index < -0.39 is 10.0 Å². The molecule has 146 valence electrons. The van der Waals surface area contributed by atoms with Crippen LogP contribution >= 0.6 is 0 Å². The second-order valence-electron chi connectivity index (χ2n) is 6.84. The van der Waals surface area contributed by atoms with Crippen molar-refractivity contribution in [2.24, 2.45) is 0 Å². The van der Waals surface area contributed by atoms with Crippen molar-refractivity contribution in [1.82, 2.24) is 9.21 Å². The van der Waals surface area contributed by atoms with Crippen molar-refractivity contribution >= 4 is 15.9 Å². The van der Waals surface area contributed by atoms with Crippen LogP contribution in [0.3, 0.4) is 0 Å². The van der Waals surface area contributed by atoms with Gasteiger partial charge >= 0.3 is 0 Å². The largest absolute Gasteiger partial charge is 0.497 e. The standard InChI is InChI=1S/C19H30N2O4S/c1-4-17-9-5-6-12-21(17)19(22)15-20(26(3,23)24)13-11-16-8-7-10-18(14-16)25-2/h7-8,10,14,17H,4-6,9,11-13,15H2,1-3H3. The maximum atomic E-state index is 12.7. The van der Waals surface area contributed by atoms with E-state index in [1.54, 1.807) is 7.11 Å². The molecule has 0 aliphatic carbocycles. The summed E-state index contributed by atoms with van der Waals surface area (Å²) in [4.78, 5) is 14.6. The third-order valence-corrected chi connectivity index (χ3v) is 6.23. The quantitative estimate of drug-likeness (QED) is 0.692. The lowest BCUT2D eigenvalue weighted by atomic mass is 10.00. The van der Waals surface area contributed by atoms with Gasteiger partial charge in [0, 0.05) is 19.1 Å². The lowest BCUT2D eigenvalue weighted by molar-refractivity contribution is -0.135. The molecule has 26 heavy (non-hydrogen) atoms. The van der Waals surface area contributed by atoms with E-state index >= 15 is 0 Å². The van der Waals surface area contributed by atoms with Gasteiger partial charge < -0.3 is 9.64 Å². The normalized spacial score (nSPS) is 18.2. The van der Waals surface area contributed by atoms with Gasteiger partial charge in [-0.25, -0.2) is 8.42 Å². The topological polar surface area (TPSA) is 66.9 Å². The van der Waals surface area contributed by atoms with E-state index in [2.05, 4.69) is 6.92 Å². The third-order valence-electron chi connectivity index (χ3n) is 4.98. The van der Waals surface area contributed by atoms with Gasteiger partial charge in [0.1, 0.15) is 5.75 Å². The van der Waals surface area contributed by atoms with Gasteiger partial charge in [-0.1, -0.05) is 19.1 Å². The summed E-state index contributed by atoms with van der Waals surface area (Å²) in [7, 11) is -1.85. The Morgan fingerprint density at radius 3 is 2.77 bits per heavy atom.